The second-order valence-electron chi connectivity index (χ2n) is 5.68. The molecule has 1 N–H and O–H groups in total. The number of carbonyl (C=O) groups is 1. The van der Waals surface area contributed by atoms with E-state index in [1.807, 2.05) is 66.7 Å². The molecule has 0 saturated carbocycles. The molecule has 0 aliphatic carbocycles. The second kappa shape index (κ2) is 7.59. The highest BCUT2D eigenvalue weighted by atomic mass is 16.1. The summed E-state index contributed by atoms with van der Waals surface area (Å²) in [7, 11) is 0. The van der Waals surface area contributed by atoms with Crippen molar-refractivity contribution < 1.29 is 4.79 Å². The number of aromatic nitrogens is 2. The molecule has 2 aromatic carbocycles. The molecular weight excluding hydrogens is 298 g/mol. The molecule has 1 aromatic heterocycles. The molecule has 4 nitrogen and oxygen atoms in total. The largest absolute Gasteiger partial charge is 0.311 e. The monoisotopic (exact) mass is 319 g/mol. The van der Waals surface area contributed by atoms with E-state index in [9.17, 15) is 4.79 Å². The zero-order chi connectivity index (χ0) is 16.8. The Kier molecular flexibility index (Phi) is 5.06. The second-order valence-corrected chi connectivity index (χ2v) is 5.68. The number of unbranched alkanes of at least 4 members (excludes halogenated alkanes) is 1. The first kappa shape index (κ1) is 16.0. The van der Waals surface area contributed by atoms with Crippen molar-refractivity contribution in [2.75, 3.05) is 5.32 Å². The lowest BCUT2D eigenvalue weighted by Crippen LogP contribution is -2.14. The van der Waals surface area contributed by atoms with E-state index in [-0.39, 0.29) is 5.91 Å². The van der Waals surface area contributed by atoms with Crippen LogP contribution >= 0.6 is 0 Å². The number of anilines is 1. The lowest BCUT2D eigenvalue weighted by Gasteiger charge is -2.08. The van der Waals surface area contributed by atoms with Gasteiger partial charge < -0.3 is 5.32 Å². The van der Waals surface area contributed by atoms with E-state index in [1.165, 1.54) is 0 Å². The van der Waals surface area contributed by atoms with Crippen LogP contribution in [0.15, 0.2) is 66.7 Å². The zero-order valence-corrected chi connectivity index (χ0v) is 13.8. The maximum Gasteiger partial charge on any atom is 0.225 e. The lowest BCUT2D eigenvalue weighted by molar-refractivity contribution is -0.116. The summed E-state index contributed by atoms with van der Waals surface area (Å²) in [4.78, 5) is 12.1. The average Bonchev–Trinajstić information content (AvgIpc) is 3.05. The molecule has 0 saturated heterocycles. The SMILES string of the molecule is CCCCC(=O)Nc1cc(-c2ccccc2)nn1-c1ccccc1. The van der Waals surface area contributed by atoms with Crippen molar-refractivity contribution >= 4 is 11.7 Å². The molecule has 0 radical (unpaired) electrons. The summed E-state index contributed by atoms with van der Waals surface area (Å²) in [6, 6.07) is 21.7. The Hall–Kier alpha value is -2.88. The Labute approximate surface area is 142 Å². The van der Waals surface area contributed by atoms with Crippen LogP contribution in [-0.4, -0.2) is 15.7 Å². The summed E-state index contributed by atoms with van der Waals surface area (Å²) in [5.41, 5.74) is 2.78. The molecule has 122 valence electrons. The normalized spacial score (nSPS) is 10.5. The fourth-order valence-electron chi connectivity index (χ4n) is 2.53. The van der Waals surface area contributed by atoms with Crippen molar-refractivity contribution in [3.05, 3.63) is 66.7 Å². The Morgan fingerprint density at radius 2 is 1.71 bits per heavy atom. The molecule has 0 atom stereocenters. The maximum atomic E-state index is 12.1. The summed E-state index contributed by atoms with van der Waals surface area (Å²) in [5.74, 6) is 0.717. The third-order valence-corrected chi connectivity index (χ3v) is 3.80. The van der Waals surface area contributed by atoms with E-state index in [1.54, 1.807) is 4.68 Å². The van der Waals surface area contributed by atoms with E-state index in [0.717, 1.165) is 29.8 Å². The first-order valence-corrected chi connectivity index (χ1v) is 8.28. The van der Waals surface area contributed by atoms with Crippen molar-refractivity contribution in [3.8, 4) is 16.9 Å². The van der Waals surface area contributed by atoms with Crippen LogP contribution in [0.1, 0.15) is 26.2 Å². The summed E-state index contributed by atoms with van der Waals surface area (Å²) in [5, 5.41) is 7.68. The van der Waals surface area contributed by atoms with Gasteiger partial charge in [-0.15, -0.1) is 0 Å². The van der Waals surface area contributed by atoms with Gasteiger partial charge in [0.05, 0.1) is 11.4 Å². The highest BCUT2D eigenvalue weighted by Crippen LogP contribution is 2.24. The van der Waals surface area contributed by atoms with Crippen LogP contribution in [0.5, 0.6) is 0 Å². The molecule has 24 heavy (non-hydrogen) atoms. The van der Waals surface area contributed by atoms with Crippen molar-refractivity contribution in [2.45, 2.75) is 26.2 Å². The van der Waals surface area contributed by atoms with Crippen molar-refractivity contribution in [1.29, 1.82) is 0 Å². The number of para-hydroxylation sites is 1. The lowest BCUT2D eigenvalue weighted by atomic mass is 10.1. The molecule has 3 rings (SSSR count). The Balaban J connectivity index is 1.96. The number of hydrogen-bond donors (Lipinski definition) is 1. The molecule has 0 spiro atoms. The number of amides is 1. The summed E-state index contributed by atoms with van der Waals surface area (Å²) in [6.45, 7) is 2.08. The van der Waals surface area contributed by atoms with E-state index in [4.69, 9.17) is 0 Å². The fourth-order valence-corrected chi connectivity index (χ4v) is 2.53. The number of nitrogens with one attached hydrogen (secondary N) is 1. The number of benzene rings is 2. The van der Waals surface area contributed by atoms with Gasteiger partial charge in [-0.2, -0.15) is 5.10 Å². The van der Waals surface area contributed by atoms with Crippen LogP contribution in [0.3, 0.4) is 0 Å². The highest BCUT2D eigenvalue weighted by molar-refractivity contribution is 5.90. The smallest absolute Gasteiger partial charge is 0.225 e. The van der Waals surface area contributed by atoms with Crippen LogP contribution in [0.2, 0.25) is 0 Å². The van der Waals surface area contributed by atoms with Crippen molar-refractivity contribution in [1.82, 2.24) is 9.78 Å². The number of hydrogen-bond acceptors (Lipinski definition) is 2. The van der Waals surface area contributed by atoms with Gasteiger partial charge in [-0.25, -0.2) is 4.68 Å². The maximum absolute atomic E-state index is 12.1. The third kappa shape index (κ3) is 3.71. The van der Waals surface area contributed by atoms with Gasteiger partial charge >= 0.3 is 0 Å². The van der Waals surface area contributed by atoms with Gasteiger partial charge in [0.25, 0.3) is 0 Å². The average molecular weight is 319 g/mol. The Bertz CT molecular complexity index is 794. The topological polar surface area (TPSA) is 46.9 Å². The summed E-state index contributed by atoms with van der Waals surface area (Å²) >= 11 is 0. The van der Waals surface area contributed by atoms with Gasteiger partial charge in [-0.05, 0) is 18.6 Å². The van der Waals surface area contributed by atoms with Crippen molar-refractivity contribution in [3.63, 3.8) is 0 Å². The molecular formula is C20H21N3O. The Morgan fingerprint density at radius 3 is 2.38 bits per heavy atom. The van der Waals surface area contributed by atoms with E-state index in [2.05, 4.69) is 17.3 Å². The van der Waals surface area contributed by atoms with E-state index in [0.29, 0.717) is 12.2 Å². The van der Waals surface area contributed by atoms with E-state index >= 15 is 0 Å². The van der Waals surface area contributed by atoms with Crippen LogP contribution in [0.25, 0.3) is 16.9 Å². The molecule has 4 heteroatoms. The molecule has 0 fully saturated rings. The first-order chi connectivity index (χ1) is 11.8. The van der Waals surface area contributed by atoms with Gasteiger partial charge in [0.15, 0.2) is 0 Å². The molecule has 0 bridgehead atoms. The highest BCUT2D eigenvalue weighted by Gasteiger charge is 2.13. The predicted octanol–water partition coefficient (Wildman–Crippen LogP) is 4.67. The van der Waals surface area contributed by atoms with Crippen molar-refractivity contribution in [2.24, 2.45) is 0 Å². The van der Waals surface area contributed by atoms with Crippen LogP contribution in [0.4, 0.5) is 5.82 Å². The van der Waals surface area contributed by atoms with Gasteiger partial charge in [0.2, 0.25) is 5.91 Å². The zero-order valence-electron chi connectivity index (χ0n) is 13.8. The molecule has 0 aliphatic heterocycles. The van der Waals surface area contributed by atoms with Crippen LogP contribution in [0, 0.1) is 0 Å². The number of nitrogens with zero attached hydrogens (tertiary/aromatic N) is 2. The minimum absolute atomic E-state index is 0.0218. The van der Waals surface area contributed by atoms with Gasteiger partial charge in [0.1, 0.15) is 5.82 Å². The molecule has 1 heterocycles. The van der Waals surface area contributed by atoms with Crippen LogP contribution in [-0.2, 0) is 4.79 Å². The van der Waals surface area contributed by atoms with Crippen LogP contribution < -0.4 is 5.32 Å². The quantitative estimate of drug-likeness (QED) is 0.718. The molecule has 1 amide bonds. The van der Waals surface area contributed by atoms with Gasteiger partial charge in [0, 0.05) is 18.1 Å². The molecule has 3 aromatic rings. The molecule has 0 unspecified atom stereocenters. The van der Waals surface area contributed by atoms with Gasteiger partial charge in [-0.3, -0.25) is 4.79 Å². The number of carbonyl (C=O) groups excluding carboxylic acids is 1. The predicted molar refractivity (Wildman–Crippen MR) is 97.2 cm³/mol. The minimum atomic E-state index is 0.0218. The first-order valence-electron chi connectivity index (χ1n) is 8.28. The standard InChI is InChI=1S/C20H21N3O/c1-2-3-14-20(24)21-19-15-18(16-10-6-4-7-11-16)22-23(19)17-12-8-5-9-13-17/h4-13,15H,2-3,14H2,1H3,(H,21,24). The summed E-state index contributed by atoms with van der Waals surface area (Å²) in [6.07, 6.45) is 2.41. The van der Waals surface area contributed by atoms with Gasteiger partial charge in [-0.1, -0.05) is 61.9 Å². The van der Waals surface area contributed by atoms with E-state index < -0.39 is 0 Å². The number of rotatable bonds is 6. The Morgan fingerprint density at radius 1 is 1.04 bits per heavy atom. The fraction of sp³-hybridized carbons (Fsp3) is 0.200. The minimum Gasteiger partial charge on any atom is -0.311 e. The molecule has 0 aliphatic rings. The summed E-state index contributed by atoms with van der Waals surface area (Å²) < 4.78 is 1.78. The third-order valence-electron chi connectivity index (χ3n) is 3.80.